The molecule has 2 aliphatic heterocycles. The van der Waals surface area contributed by atoms with Crippen molar-refractivity contribution in [2.24, 2.45) is 0 Å². The van der Waals surface area contributed by atoms with Crippen LogP contribution < -0.4 is 4.84 Å². The standard InChI is InChI=1S/C31H25N3O8S/c1-21(35)33(42-25-12-6-3-7-13-25)28-29(36)32-27(31(37)41-19-23-14-16-24(17-15-23)34(38)39)26(20-43-30(28)32)40-18-8-11-22-9-4-2-5-10-22/h2-7,9-10,12-17,28,30H,18-20H2,1H3/t28-,30+/m1/s1. The van der Waals surface area contributed by atoms with Crippen LogP contribution in [-0.4, -0.2) is 56.4 Å². The van der Waals surface area contributed by atoms with Crippen molar-refractivity contribution in [1.82, 2.24) is 9.96 Å². The zero-order valence-corrected chi connectivity index (χ0v) is 23.7. The van der Waals surface area contributed by atoms with E-state index >= 15 is 0 Å². The molecule has 0 bridgehead atoms. The molecular formula is C31H25N3O8S. The minimum atomic E-state index is -0.986. The molecule has 43 heavy (non-hydrogen) atoms. The Morgan fingerprint density at radius 3 is 2.37 bits per heavy atom. The largest absolute Gasteiger partial charge is 0.482 e. The van der Waals surface area contributed by atoms with Gasteiger partial charge in [-0.2, -0.15) is 5.06 Å². The number of ether oxygens (including phenoxy) is 2. The van der Waals surface area contributed by atoms with Gasteiger partial charge in [0.25, 0.3) is 17.5 Å². The van der Waals surface area contributed by atoms with Gasteiger partial charge in [-0.25, -0.2) is 4.79 Å². The van der Waals surface area contributed by atoms with Gasteiger partial charge in [0.05, 0.1) is 10.7 Å². The predicted octanol–water partition coefficient (Wildman–Crippen LogP) is 4.04. The van der Waals surface area contributed by atoms with Gasteiger partial charge in [-0.15, -0.1) is 11.8 Å². The number of carbonyl (C=O) groups is 3. The third-order valence-corrected chi connectivity index (χ3v) is 7.69. The number of hydrogen-bond acceptors (Lipinski definition) is 9. The van der Waals surface area contributed by atoms with Crippen molar-refractivity contribution in [3.63, 3.8) is 0 Å². The Labute approximate surface area is 251 Å². The number of hydroxylamine groups is 2. The van der Waals surface area contributed by atoms with Crippen LogP contribution in [0, 0.1) is 22.0 Å². The number of esters is 1. The minimum absolute atomic E-state index is 0.0449. The lowest BCUT2D eigenvalue weighted by atomic mass is 10.0. The Kier molecular flexibility index (Phi) is 8.93. The number of β-lactam (4-membered cyclic amide) rings is 1. The maximum Gasteiger partial charge on any atom is 0.358 e. The van der Waals surface area contributed by atoms with Crippen LogP contribution in [0.2, 0.25) is 0 Å². The Morgan fingerprint density at radius 1 is 1.05 bits per heavy atom. The molecule has 1 saturated heterocycles. The van der Waals surface area contributed by atoms with Crippen LogP contribution in [0.3, 0.4) is 0 Å². The average molecular weight is 600 g/mol. The van der Waals surface area contributed by atoms with E-state index in [1.807, 2.05) is 30.3 Å². The molecule has 3 aromatic rings. The molecule has 2 heterocycles. The number of amides is 2. The second-order valence-corrected chi connectivity index (χ2v) is 10.4. The third-order valence-electron chi connectivity index (χ3n) is 6.45. The fraction of sp³-hybridized carbons (Fsp3) is 0.194. The summed E-state index contributed by atoms with van der Waals surface area (Å²) < 4.78 is 11.4. The molecule has 0 unspecified atom stereocenters. The summed E-state index contributed by atoms with van der Waals surface area (Å²) in [6.07, 6.45) is 0. The third kappa shape index (κ3) is 6.63. The van der Waals surface area contributed by atoms with Crippen molar-refractivity contribution in [2.75, 3.05) is 12.4 Å². The summed E-state index contributed by atoms with van der Waals surface area (Å²) >= 11 is 1.31. The van der Waals surface area contributed by atoms with Crippen LogP contribution in [0.15, 0.2) is 96.4 Å². The smallest absolute Gasteiger partial charge is 0.358 e. The normalized spacial score (nSPS) is 17.0. The summed E-state index contributed by atoms with van der Waals surface area (Å²) in [6.45, 7) is 1.06. The fourth-order valence-electron chi connectivity index (χ4n) is 4.38. The number of fused-ring (bicyclic) bond motifs is 1. The van der Waals surface area contributed by atoms with Gasteiger partial charge in [0.15, 0.2) is 17.5 Å². The molecule has 2 aliphatic rings. The van der Waals surface area contributed by atoms with Crippen molar-refractivity contribution in [2.45, 2.75) is 24.9 Å². The number of para-hydroxylation sites is 1. The van der Waals surface area contributed by atoms with Gasteiger partial charge in [-0.05, 0) is 42.0 Å². The number of nitro groups is 1. The van der Waals surface area contributed by atoms with Gasteiger partial charge in [0, 0.05) is 24.6 Å². The van der Waals surface area contributed by atoms with E-state index in [2.05, 4.69) is 11.8 Å². The van der Waals surface area contributed by atoms with Gasteiger partial charge < -0.3 is 14.3 Å². The number of nitro benzene ring substituents is 1. The monoisotopic (exact) mass is 599 g/mol. The topological polar surface area (TPSA) is 129 Å². The molecule has 0 N–H and O–H groups in total. The number of non-ortho nitro benzene ring substituents is 1. The molecule has 0 spiro atoms. The molecule has 0 aliphatic carbocycles. The Hall–Kier alpha value is -5.28. The van der Waals surface area contributed by atoms with Crippen LogP contribution in [0.1, 0.15) is 18.1 Å². The highest BCUT2D eigenvalue weighted by Crippen LogP contribution is 2.43. The maximum atomic E-state index is 13.5. The number of carbonyl (C=O) groups excluding carboxylic acids is 3. The highest BCUT2D eigenvalue weighted by atomic mass is 32.2. The molecule has 3 aromatic carbocycles. The molecule has 0 radical (unpaired) electrons. The van der Waals surface area contributed by atoms with E-state index in [0.717, 1.165) is 10.6 Å². The molecule has 2 amide bonds. The zero-order chi connectivity index (χ0) is 30.3. The lowest BCUT2D eigenvalue weighted by molar-refractivity contribution is -0.384. The summed E-state index contributed by atoms with van der Waals surface area (Å²) in [5, 5.41) is 11.3. The number of benzene rings is 3. The number of hydrogen-bond donors (Lipinski definition) is 0. The first-order chi connectivity index (χ1) is 20.8. The van der Waals surface area contributed by atoms with E-state index in [0.29, 0.717) is 11.3 Å². The Bertz CT molecular complexity index is 1620. The van der Waals surface area contributed by atoms with Crippen LogP contribution in [0.5, 0.6) is 5.75 Å². The Morgan fingerprint density at radius 2 is 1.72 bits per heavy atom. The van der Waals surface area contributed by atoms with E-state index in [1.54, 1.807) is 30.3 Å². The molecule has 5 rings (SSSR count). The SMILES string of the molecule is CC(=O)N(Oc1ccccc1)[C@@H]1C(=O)N2C(C(=O)OCc3ccc([N+](=O)[O-])cc3)=C(OCC#Cc3ccccc3)CS[C@@H]12. The van der Waals surface area contributed by atoms with E-state index in [4.69, 9.17) is 14.3 Å². The van der Waals surface area contributed by atoms with Gasteiger partial charge in [-0.1, -0.05) is 48.2 Å². The van der Waals surface area contributed by atoms with E-state index in [9.17, 15) is 24.5 Å². The van der Waals surface area contributed by atoms with Gasteiger partial charge in [0.1, 0.15) is 24.3 Å². The summed E-state index contributed by atoms with van der Waals surface area (Å²) in [4.78, 5) is 56.9. The summed E-state index contributed by atoms with van der Waals surface area (Å²) in [5.41, 5.74) is 1.13. The van der Waals surface area contributed by atoms with Crippen LogP contribution in [0.25, 0.3) is 0 Å². The first-order valence-corrected chi connectivity index (χ1v) is 14.2. The van der Waals surface area contributed by atoms with Gasteiger partial charge in [-0.3, -0.25) is 24.6 Å². The average Bonchev–Trinajstić information content (AvgIpc) is 3.02. The van der Waals surface area contributed by atoms with Crippen molar-refractivity contribution >= 4 is 35.2 Å². The lowest BCUT2D eigenvalue weighted by Gasteiger charge is -2.51. The highest BCUT2D eigenvalue weighted by molar-refractivity contribution is 8.00. The summed E-state index contributed by atoms with van der Waals surface area (Å²) in [5.74, 6) is 4.84. The molecule has 0 aromatic heterocycles. The van der Waals surface area contributed by atoms with Crippen LogP contribution >= 0.6 is 11.8 Å². The first kappa shape index (κ1) is 29.2. The molecule has 218 valence electrons. The minimum Gasteiger partial charge on any atom is -0.482 e. The van der Waals surface area contributed by atoms with Gasteiger partial charge in [0.2, 0.25) is 0 Å². The lowest BCUT2D eigenvalue weighted by Crippen LogP contribution is -2.71. The molecule has 12 heteroatoms. The molecule has 2 atom stereocenters. The number of thioether (sulfide) groups is 1. The van der Waals surface area contributed by atoms with Crippen LogP contribution in [0.4, 0.5) is 5.69 Å². The molecular weight excluding hydrogens is 574 g/mol. The number of rotatable bonds is 9. The predicted molar refractivity (Wildman–Crippen MR) is 156 cm³/mol. The number of nitrogens with zero attached hydrogens (tertiary/aromatic N) is 3. The summed E-state index contributed by atoms with van der Waals surface area (Å²) in [7, 11) is 0. The van der Waals surface area contributed by atoms with Crippen molar-refractivity contribution in [3.8, 4) is 17.6 Å². The first-order valence-electron chi connectivity index (χ1n) is 13.1. The quantitative estimate of drug-likeness (QED) is 0.118. The van der Waals surface area contributed by atoms with E-state index in [1.165, 1.54) is 47.9 Å². The van der Waals surface area contributed by atoms with E-state index in [-0.39, 0.29) is 36.1 Å². The Balaban J connectivity index is 1.36. The van der Waals surface area contributed by atoms with E-state index < -0.39 is 34.1 Å². The van der Waals surface area contributed by atoms with Crippen molar-refractivity contribution in [3.05, 3.63) is 118 Å². The maximum absolute atomic E-state index is 13.5. The second kappa shape index (κ2) is 13.1. The van der Waals surface area contributed by atoms with Crippen LogP contribution in [-0.2, 0) is 30.5 Å². The van der Waals surface area contributed by atoms with Crippen molar-refractivity contribution in [1.29, 1.82) is 0 Å². The zero-order valence-electron chi connectivity index (χ0n) is 22.9. The molecule has 0 saturated carbocycles. The molecule has 1 fully saturated rings. The second-order valence-electron chi connectivity index (χ2n) is 9.33. The van der Waals surface area contributed by atoms with Crippen molar-refractivity contribution < 1.29 is 33.6 Å². The molecule has 11 nitrogen and oxygen atoms in total. The highest BCUT2D eigenvalue weighted by Gasteiger charge is 2.58. The fourth-order valence-corrected chi connectivity index (χ4v) is 5.69. The summed E-state index contributed by atoms with van der Waals surface area (Å²) in [6, 6.07) is 22.5. The van der Waals surface area contributed by atoms with Gasteiger partial charge >= 0.3 is 5.97 Å².